The summed E-state index contributed by atoms with van der Waals surface area (Å²) in [4.78, 5) is 10.1. The summed E-state index contributed by atoms with van der Waals surface area (Å²) < 4.78 is 0. The van der Waals surface area contributed by atoms with E-state index in [0.717, 1.165) is 6.42 Å². The maximum absolute atomic E-state index is 10.1. The molecule has 0 aromatic carbocycles. The Kier molecular flexibility index (Phi) is 4.05. The Labute approximate surface area is 54.9 Å². The molecule has 0 aliphatic carbocycles. The molecule has 3 nitrogen and oxygen atoms in total. The van der Waals surface area contributed by atoms with Crippen molar-refractivity contribution >= 4 is 5.97 Å². The molecule has 0 rings (SSSR count). The number of rotatable bonds is 4. The van der Waals surface area contributed by atoms with E-state index >= 15 is 0 Å². The maximum Gasteiger partial charge on any atom is 0.303 e. The fourth-order valence-electron chi connectivity index (χ4n) is 0.641. The second kappa shape index (κ2) is 4.32. The molecule has 0 aliphatic heterocycles. The topological polar surface area (TPSA) is 63.3 Å². The van der Waals surface area contributed by atoms with Gasteiger partial charge in [-0.05, 0) is 12.5 Å². The fraction of sp³-hybridized carbons (Fsp3) is 0.833. The highest BCUT2D eigenvalue weighted by molar-refractivity contribution is 5.67. The molecule has 0 amide bonds. The van der Waals surface area contributed by atoms with Crippen molar-refractivity contribution in [2.24, 2.45) is 11.7 Å². The van der Waals surface area contributed by atoms with Crippen LogP contribution in [0.5, 0.6) is 0 Å². The molecule has 0 bridgehead atoms. The molecule has 9 heavy (non-hydrogen) atoms. The number of hydrogen-bond acceptors (Lipinski definition) is 2. The van der Waals surface area contributed by atoms with E-state index in [2.05, 4.69) is 0 Å². The Morgan fingerprint density at radius 2 is 2.33 bits per heavy atom. The highest BCUT2D eigenvalue weighted by atomic mass is 16.4. The molecular formula is C6H13NO2. The van der Waals surface area contributed by atoms with Crippen LogP contribution in [0.15, 0.2) is 0 Å². The molecule has 3 heteroatoms. The zero-order valence-corrected chi connectivity index (χ0v) is 5.63. The summed E-state index contributed by atoms with van der Waals surface area (Å²) >= 11 is 0. The van der Waals surface area contributed by atoms with E-state index in [-0.39, 0.29) is 12.3 Å². The second-order valence-electron chi connectivity index (χ2n) is 2.11. The molecule has 0 fully saturated rings. The number of aliphatic carboxylic acids is 1. The van der Waals surface area contributed by atoms with E-state index in [1.807, 2.05) is 6.92 Å². The van der Waals surface area contributed by atoms with Crippen molar-refractivity contribution < 1.29 is 9.90 Å². The van der Waals surface area contributed by atoms with E-state index in [0.29, 0.717) is 6.54 Å². The molecule has 1 atom stereocenters. The Morgan fingerprint density at radius 1 is 1.78 bits per heavy atom. The van der Waals surface area contributed by atoms with Crippen LogP contribution in [0, 0.1) is 5.92 Å². The van der Waals surface area contributed by atoms with Gasteiger partial charge < -0.3 is 10.8 Å². The monoisotopic (exact) mass is 131 g/mol. The van der Waals surface area contributed by atoms with Gasteiger partial charge in [-0.3, -0.25) is 4.79 Å². The minimum Gasteiger partial charge on any atom is -0.481 e. The second-order valence-corrected chi connectivity index (χ2v) is 2.11. The van der Waals surface area contributed by atoms with E-state index < -0.39 is 5.97 Å². The van der Waals surface area contributed by atoms with Gasteiger partial charge in [0, 0.05) is 6.42 Å². The van der Waals surface area contributed by atoms with Gasteiger partial charge in [0.25, 0.3) is 0 Å². The van der Waals surface area contributed by atoms with Crippen LogP contribution in [-0.4, -0.2) is 17.6 Å². The third kappa shape index (κ3) is 3.97. The van der Waals surface area contributed by atoms with Crippen LogP contribution < -0.4 is 5.73 Å². The molecule has 54 valence electrons. The lowest BCUT2D eigenvalue weighted by molar-refractivity contribution is -0.138. The van der Waals surface area contributed by atoms with Crippen LogP contribution in [0.1, 0.15) is 19.8 Å². The molecule has 0 aromatic heterocycles. The molecule has 0 heterocycles. The molecular weight excluding hydrogens is 118 g/mol. The normalized spacial score (nSPS) is 13.1. The molecule has 0 aromatic rings. The van der Waals surface area contributed by atoms with Crippen LogP contribution in [0.4, 0.5) is 0 Å². The minimum absolute atomic E-state index is 0.155. The third-order valence-electron chi connectivity index (χ3n) is 1.37. The largest absolute Gasteiger partial charge is 0.481 e. The molecule has 0 radical (unpaired) electrons. The Hall–Kier alpha value is -0.570. The maximum atomic E-state index is 10.1. The third-order valence-corrected chi connectivity index (χ3v) is 1.37. The van der Waals surface area contributed by atoms with Gasteiger partial charge in [-0.2, -0.15) is 0 Å². The van der Waals surface area contributed by atoms with Gasteiger partial charge in [0.2, 0.25) is 0 Å². The van der Waals surface area contributed by atoms with E-state index in [4.69, 9.17) is 10.8 Å². The first-order chi connectivity index (χ1) is 4.20. The molecule has 3 N–H and O–H groups in total. The van der Waals surface area contributed by atoms with Gasteiger partial charge in [0.1, 0.15) is 0 Å². The van der Waals surface area contributed by atoms with Gasteiger partial charge in [0.15, 0.2) is 0 Å². The first kappa shape index (κ1) is 8.43. The van der Waals surface area contributed by atoms with E-state index in [9.17, 15) is 4.79 Å². The summed E-state index contributed by atoms with van der Waals surface area (Å²) in [6.45, 7) is 2.42. The number of nitrogens with two attached hydrogens (primary N) is 1. The quantitative estimate of drug-likeness (QED) is 0.582. The van der Waals surface area contributed by atoms with Crippen LogP contribution in [0.2, 0.25) is 0 Å². The SMILES string of the molecule is CC[C@@H](CN)CC(=O)O. The van der Waals surface area contributed by atoms with Crippen LogP contribution >= 0.6 is 0 Å². The Balaban J connectivity index is 3.43. The van der Waals surface area contributed by atoms with Gasteiger partial charge in [0.05, 0.1) is 0 Å². The van der Waals surface area contributed by atoms with Gasteiger partial charge in [-0.1, -0.05) is 13.3 Å². The predicted molar refractivity (Wildman–Crippen MR) is 35.1 cm³/mol. The van der Waals surface area contributed by atoms with Crippen molar-refractivity contribution in [3.8, 4) is 0 Å². The highest BCUT2D eigenvalue weighted by Gasteiger charge is 2.07. The van der Waals surface area contributed by atoms with Crippen molar-refractivity contribution in [1.82, 2.24) is 0 Å². The van der Waals surface area contributed by atoms with Crippen LogP contribution in [-0.2, 0) is 4.79 Å². The average molecular weight is 131 g/mol. The van der Waals surface area contributed by atoms with Crippen LogP contribution in [0.3, 0.4) is 0 Å². The van der Waals surface area contributed by atoms with Crippen molar-refractivity contribution in [2.45, 2.75) is 19.8 Å². The lowest BCUT2D eigenvalue weighted by atomic mass is 10.0. The molecule has 0 spiro atoms. The first-order valence-corrected chi connectivity index (χ1v) is 3.12. The van der Waals surface area contributed by atoms with Gasteiger partial charge in [-0.15, -0.1) is 0 Å². The van der Waals surface area contributed by atoms with Crippen molar-refractivity contribution in [3.63, 3.8) is 0 Å². The van der Waals surface area contributed by atoms with E-state index in [1.165, 1.54) is 0 Å². The average Bonchev–Trinajstić information content (AvgIpc) is 1.82. The lowest BCUT2D eigenvalue weighted by Gasteiger charge is -2.06. The van der Waals surface area contributed by atoms with Crippen molar-refractivity contribution in [2.75, 3.05) is 6.54 Å². The molecule has 0 aliphatic rings. The molecule has 0 unspecified atom stereocenters. The van der Waals surface area contributed by atoms with Gasteiger partial charge in [-0.25, -0.2) is 0 Å². The highest BCUT2D eigenvalue weighted by Crippen LogP contribution is 2.04. The minimum atomic E-state index is -0.757. The zero-order chi connectivity index (χ0) is 7.28. The Morgan fingerprint density at radius 3 is 2.44 bits per heavy atom. The van der Waals surface area contributed by atoms with E-state index in [1.54, 1.807) is 0 Å². The lowest BCUT2D eigenvalue weighted by Crippen LogP contribution is -2.16. The Bertz CT molecular complexity index is 89.1. The number of hydrogen-bond donors (Lipinski definition) is 2. The fourth-order valence-corrected chi connectivity index (χ4v) is 0.641. The summed E-state index contributed by atoms with van der Waals surface area (Å²) in [5, 5.41) is 8.29. The standard InChI is InChI=1S/C6H13NO2/c1-2-5(4-7)3-6(8)9/h5H,2-4,7H2,1H3,(H,8,9)/t5-/m1/s1. The molecule has 0 saturated heterocycles. The molecule has 0 saturated carbocycles. The zero-order valence-electron chi connectivity index (χ0n) is 5.63. The first-order valence-electron chi connectivity index (χ1n) is 3.12. The van der Waals surface area contributed by atoms with Crippen LogP contribution in [0.25, 0.3) is 0 Å². The van der Waals surface area contributed by atoms with Crippen molar-refractivity contribution in [1.29, 1.82) is 0 Å². The number of carbonyl (C=O) groups is 1. The summed E-state index contributed by atoms with van der Waals surface area (Å²) in [7, 11) is 0. The number of carboxylic acid groups (broad SMARTS) is 1. The van der Waals surface area contributed by atoms with Crippen molar-refractivity contribution in [3.05, 3.63) is 0 Å². The summed E-state index contributed by atoms with van der Waals surface area (Å²) in [6.07, 6.45) is 1.05. The summed E-state index contributed by atoms with van der Waals surface area (Å²) in [5.74, 6) is -0.602. The summed E-state index contributed by atoms with van der Waals surface area (Å²) in [6, 6.07) is 0. The van der Waals surface area contributed by atoms with Gasteiger partial charge >= 0.3 is 5.97 Å². The number of carboxylic acids is 1. The predicted octanol–water partition coefficient (Wildman–Crippen LogP) is 0.446. The smallest absolute Gasteiger partial charge is 0.303 e. The summed E-state index contributed by atoms with van der Waals surface area (Å²) in [5.41, 5.74) is 5.27.